The number of halogens is 1. The number of benzene rings is 1. The Balaban J connectivity index is 1.73. The molecule has 166 valence electrons. The number of hydrogen-bond donors (Lipinski definition) is 1. The zero-order chi connectivity index (χ0) is 22.1. The minimum Gasteiger partial charge on any atom is -0.492 e. The summed E-state index contributed by atoms with van der Waals surface area (Å²) < 4.78 is 30.5. The van der Waals surface area contributed by atoms with E-state index < -0.39 is 23.5 Å². The summed E-state index contributed by atoms with van der Waals surface area (Å²) in [6.45, 7) is 8.72. The van der Waals surface area contributed by atoms with Crippen LogP contribution in [0.1, 0.15) is 57.3 Å². The van der Waals surface area contributed by atoms with Gasteiger partial charge in [0.15, 0.2) is 11.6 Å². The molecule has 1 saturated carbocycles. The van der Waals surface area contributed by atoms with Crippen LogP contribution in [0.3, 0.4) is 0 Å². The van der Waals surface area contributed by atoms with Crippen molar-refractivity contribution >= 4 is 17.7 Å². The monoisotopic (exact) mass is 422 g/mol. The van der Waals surface area contributed by atoms with Gasteiger partial charge in [0.1, 0.15) is 5.60 Å². The second-order valence-corrected chi connectivity index (χ2v) is 8.91. The normalized spacial score (nSPS) is 19.9. The Morgan fingerprint density at radius 1 is 1.30 bits per heavy atom. The molecule has 1 aromatic rings. The number of rotatable bonds is 6. The van der Waals surface area contributed by atoms with E-state index in [0.717, 1.165) is 19.3 Å². The van der Waals surface area contributed by atoms with Gasteiger partial charge < -0.3 is 24.4 Å². The first-order chi connectivity index (χ1) is 14.1. The van der Waals surface area contributed by atoms with Gasteiger partial charge in [0.25, 0.3) is 0 Å². The lowest BCUT2D eigenvalue weighted by Crippen LogP contribution is -2.45. The SMILES string of the molecule is CCOC(=O)c1ccc(N2CC[C@@H](C3(NC(=O)OC(C)(C)C)CC3)C2)c(OC)c1F. The van der Waals surface area contributed by atoms with E-state index in [1.54, 1.807) is 13.0 Å². The van der Waals surface area contributed by atoms with Crippen LogP contribution in [0.2, 0.25) is 0 Å². The molecule has 1 heterocycles. The van der Waals surface area contributed by atoms with Crippen LogP contribution >= 0.6 is 0 Å². The molecule has 1 aliphatic carbocycles. The molecular formula is C22H31FN2O5. The Morgan fingerprint density at radius 3 is 2.57 bits per heavy atom. The molecule has 0 unspecified atom stereocenters. The van der Waals surface area contributed by atoms with Crippen LogP contribution in [-0.4, -0.2) is 50.0 Å². The predicted octanol–water partition coefficient (Wildman–Crippen LogP) is 3.89. The largest absolute Gasteiger partial charge is 0.492 e. The summed E-state index contributed by atoms with van der Waals surface area (Å²) in [5, 5.41) is 3.06. The van der Waals surface area contributed by atoms with Gasteiger partial charge in [0.2, 0.25) is 0 Å². The highest BCUT2D eigenvalue weighted by Crippen LogP contribution is 2.48. The third-order valence-corrected chi connectivity index (χ3v) is 5.62. The maximum atomic E-state index is 14.9. The van der Waals surface area contributed by atoms with Crippen molar-refractivity contribution in [3.63, 3.8) is 0 Å². The summed E-state index contributed by atoms with van der Waals surface area (Å²) in [5.74, 6) is -1.17. The van der Waals surface area contributed by atoms with E-state index in [0.29, 0.717) is 18.8 Å². The summed E-state index contributed by atoms with van der Waals surface area (Å²) in [7, 11) is 1.39. The van der Waals surface area contributed by atoms with E-state index in [1.165, 1.54) is 13.2 Å². The number of esters is 1. The Labute approximate surface area is 176 Å². The minimum atomic E-state index is -0.718. The van der Waals surface area contributed by atoms with Gasteiger partial charge in [0, 0.05) is 24.5 Å². The summed E-state index contributed by atoms with van der Waals surface area (Å²) in [4.78, 5) is 26.3. The number of anilines is 1. The quantitative estimate of drug-likeness (QED) is 0.701. The molecular weight excluding hydrogens is 391 g/mol. The average Bonchev–Trinajstić information content (AvgIpc) is 3.24. The molecule has 30 heavy (non-hydrogen) atoms. The van der Waals surface area contributed by atoms with Crippen LogP contribution in [0.4, 0.5) is 14.9 Å². The predicted molar refractivity (Wildman–Crippen MR) is 111 cm³/mol. The average molecular weight is 422 g/mol. The van der Waals surface area contributed by atoms with Crippen molar-refractivity contribution in [3.8, 4) is 5.75 Å². The number of carbonyl (C=O) groups excluding carboxylic acids is 2. The molecule has 2 aliphatic rings. The molecule has 3 rings (SSSR count). The molecule has 0 spiro atoms. The third-order valence-electron chi connectivity index (χ3n) is 5.62. The topological polar surface area (TPSA) is 77.1 Å². The van der Waals surface area contributed by atoms with Crippen LogP contribution in [-0.2, 0) is 9.47 Å². The fraction of sp³-hybridized carbons (Fsp3) is 0.636. The van der Waals surface area contributed by atoms with E-state index in [4.69, 9.17) is 14.2 Å². The van der Waals surface area contributed by atoms with Crippen molar-refractivity contribution in [3.05, 3.63) is 23.5 Å². The van der Waals surface area contributed by atoms with Crippen molar-refractivity contribution in [1.82, 2.24) is 5.32 Å². The van der Waals surface area contributed by atoms with Gasteiger partial charge >= 0.3 is 12.1 Å². The molecule has 2 fully saturated rings. The molecule has 1 N–H and O–H groups in total. The first-order valence-electron chi connectivity index (χ1n) is 10.4. The number of nitrogens with one attached hydrogen (secondary N) is 1. The number of carbonyl (C=O) groups is 2. The molecule has 1 atom stereocenters. The van der Waals surface area contributed by atoms with Crippen LogP contribution in [0.5, 0.6) is 5.75 Å². The molecule has 1 aromatic carbocycles. The van der Waals surface area contributed by atoms with Gasteiger partial charge in [0.05, 0.1) is 25.0 Å². The summed E-state index contributed by atoms with van der Waals surface area (Å²) in [6, 6.07) is 3.13. The zero-order valence-electron chi connectivity index (χ0n) is 18.3. The van der Waals surface area contributed by atoms with Crippen LogP contribution in [0.15, 0.2) is 12.1 Å². The zero-order valence-corrected chi connectivity index (χ0v) is 18.3. The Morgan fingerprint density at radius 2 is 2.00 bits per heavy atom. The Bertz CT molecular complexity index is 816. The highest BCUT2D eigenvalue weighted by atomic mass is 19.1. The van der Waals surface area contributed by atoms with Crippen molar-refractivity contribution in [2.75, 3.05) is 31.7 Å². The molecule has 8 heteroatoms. The molecule has 1 saturated heterocycles. The number of methoxy groups -OCH3 is 1. The lowest BCUT2D eigenvalue weighted by atomic mass is 9.96. The molecule has 1 aliphatic heterocycles. The summed E-state index contributed by atoms with van der Waals surface area (Å²) in [6.07, 6.45) is 2.26. The first kappa shape index (κ1) is 22.2. The third kappa shape index (κ3) is 4.63. The Kier molecular flexibility index (Phi) is 6.15. The standard InChI is InChI=1S/C22H31FN2O5/c1-6-29-19(26)15-7-8-16(18(28-5)17(15)23)25-12-9-14(13-25)22(10-11-22)24-20(27)30-21(2,3)4/h7-8,14H,6,9-13H2,1-5H3,(H,24,27)/t14-/m1/s1. The van der Waals surface area contributed by atoms with E-state index in [-0.39, 0.29) is 29.4 Å². The highest BCUT2D eigenvalue weighted by molar-refractivity contribution is 5.91. The van der Waals surface area contributed by atoms with Crippen LogP contribution in [0.25, 0.3) is 0 Å². The van der Waals surface area contributed by atoms with E-state index in [1.807, 2.05) is 25.7 Å². The highest BCUT2D eigenvalue weighted by Gasteiger charge is 2.53. The van der Waals surface area contributed by atoms with Crippen molar-refractivity contribution in [2.24, 2.45) is 5.92 Å². The maximum absolute atomic E-state index is 14.9. The second kappa shape index (κ2) is 8.32. The minimum absolute atomic E-state index is 0.0335. The van der Waals surface area contributed by atoms with Crippen molar-refractivity contribution < 1.29 is 28.2 Å². The number of hydrogen-bond acceptors (Lipinski definition) is 6. The number of ether oxygens (including phenoxy) is 3. The second-order valence-electron chi connectivity index (χ2n) is 8.91. The number of nitrogens with zero attached hydrogens (tertiary/aromatic N) is 1. The first-order valence-corrected chi connectivity index (χ1v) is 10.4. The molecule has 7 nitrogen and oxygen atoms in total. The van der Waals surface area contributed by atoms with Gasteiger partial charge in [-0.2, -0.15) is 0 Å². The summed E-state index contributed by atoms with van der Waals surface area (Å²) >= 11 is 0. The Hall–Kier alpha value is -2.51. The van der Waals surface area contributed by atoms with Crippen molar-refractivity contribution in [2.45, 2.75) is 58.1 Å². The number of amides is 1. The molecule has 1 amide bonds. The van der Waals surface area contributed by atoms with Crippen LogP contribution in [0, 0.1) is 11.7 Å². The van der Waals surface area contributed by atoms with Crippen molar-refractivity contribution in [1.29, 1.82) is 0 Å². The van der Waals surface area contributed by atoms with Gasteiger partial charge in [-0.15, -0.1) is 0 Å². The summed E-state index contributed by atoms with van der Waals surface area (Å²) in [5.41, 5.74) is -0.363. The maximum Gasteiger partial charge on any atom is 0.408 e. The van der Waals surface area contributed by atoms with Crippen LogP contribution < -0.4 is 15.0 Å². The van der Waals surface area contributed by atoms with E-state index in [2.05, 4.69) is 5.32 Å². The fourth-order valence-electron chi connectivity index (χ4n) is 4.06. The van der Waals surface area contributed by atoms with Gasteiger partial charge in [-0.25, -0.2) is 14.0 Å². The smallest absolute Gasteiger partial charge is 0.408 e. The molecule has 0 radical (unpaired) electrons. The number of alkyl carbamates (subject to hydrolysis) is 1. The van der Waals surface area contributed by atoms with Gasteiger partial charge in [-0.05, 0) is 59.1 Å². The van der Waals surface area contributed by atoms with Gasteiger partial charge in [-0.3, -0.25) is 0 Å². The molecule has 0 aromatic heterocycles. The van der Waals surface area contributed by atoms with E-state index >= 15 is 0 Å². The lowest BCUT2D eigenvalue weighted by molar-refractivity contribution is 0.0475. The molecule has 0 bridgehead atoms. The van der Waals surface area contributed by atoms with E-state index in [9.17, 15) is 14.0 Å². The lowest BCUT2D eigenvalue weighted by Gasteiger charge is -2.28. The fourth-order valence-corrected chi connectivity index (χ4v) is 4.06. The van der Waals surface area contributed by atoms with Gasteiger partial charge in [-0.1, -0.05) is 0 Å².